The third-order valence-corrected chi connectivity index (χ3v) is 4.79. The summed E-state index contributed by atoms with van der Waals surface area (Å²) >= 11 is 0. The Bertz CT molecular complexity index is 552. The van der Waals surface area contributed by atoms with E-state index in [0.717, 1.165) is 9.99 Å². The van der Waals surface area contributed by atoms with Crippen LogP contribution in [0.2, 0.25) is 0 Å². The van der Waals surface area contributed by atoms with Crippen molar-refractivity contribution in [3.8, 4) is 0 Å². The van der Waals surface area contributed by atoms with Gasteiger partial charge in [0, 0.05) is 32.9 Å². The maximum absolute atomic E-state index is 11.9. The van der Waals surface area contributed by atoms with Crippen molar-refractivity contribution < 1.29 is 18.3 Å². The van der Waals surface area contributed by atoms with Crippen molar-refractivity contribution in [3.63, 3.8) is 0 Å². The molecular formula is C13H20N2O4S. The highest BCUT2D eigenvalue weighted by Gasteiger charge is 2.17. The van der Waals surface area contributed by atoms with Crippen molar-refractivity contribution in [3.05, 3.63) is 24.3 Å². The molecule has 6 nitrogen and oxygen atoms in total. The molecule has 0 bridgehead atoms. The number of carboxylic acids is 1. The molecule has 0 aliphatic carbocycles. The van der Waals surface area contributed by atoms with Crippen LogP contribution in [-0.4, -0.2) is 51.0 Å². The van der Waals surface area contributed by atoms with Gasteiger partial charge in [-0.3, -0.25) is 4.79 Å². The molecule has 0 radical (unpaired) electrons. The second kappa shape index (κ2) is 6.71. The van der Waals surface area contributed by atoms with Gasteiger partial charge in [-0.25, -0.2) is 12.7 Å². The van der Waals surface area contributed by atoms with Gasteiger partial charge in [0.15, 0.2) is 0 Å². The fraction of sp³-hybridized carbons (Fsp3) is 0.462. The number of hydrogen-bond acceptors (Lipinski definition) is 4. The van der Waals surface area contributed by atoms with E-state index in [1.54, 1.807) is 12.1 Å². The minimum absolute atomic E-state index is 0.0472. The molecule has 0 aromatic heterocycles. The van der Waals surface area contributed by atoms with Crippen molar-refractivity contribution in [2.75, 3.05) is 32.1 Å². The van der Waals surface area contributed by atoms with Crippen LogP contribution in [0.1, 0.15) is 13.3 Å². The van der Waals surface area contributed by atoms with Crippen LogP contribution < -0.4 is 4.90 Å². The van der Waals surface area contributed by atoms with E-state index >= 15 is 0 Å². The molecule has 1 N–H and O–H groups in total. The number of anilines is 1. The lowest BCUT2D eigenvalue weighted by molar-refractivity contribution is -0.136. The molecule has 0 aliphatic rings. The summed E-state index contributed by atoms with van der Waals surface area (Å²) in [6.45, 7) is 2.98. The van der Waals surface area contributed by atoms with Crippen molar-refractivity contribution in [2.45, 2.75) is 18.2 Å². The predicted octanol–water partition coefficient (Wildman–Crippen LogP) is 1.24. The Kier molecular flexibility index (Phi) is 5.52. The van der Waals surface area contributed by atoms with Crippen molar-refractivity contribution >= 4 is 21.7 Å². The lowest BCUT2D eigenvalue weighted by Gasteiger charge is -2.22. The van der Waals surface area contributed by atoms with E-state index in [-0.39, 0.29) is 11.3 Å². The van der Waals surface area contributed by atoms with Crippen LogP contribution >= 0.6 is 0 Å². The molecule has 0 saturated carbocycles. The molecule has 1 rings (SSSR count). The second-order valence-corrected chi connectivity index (χ2v) is 6.66. The lowest BCUT2D eigenvalue weighted by Crippen LogP contribution is -2.26. The van der Waals surface area contributed by atoms with Crippen molar-refractivity contribution in [1.82, 2.24) is 4.31 Å². The van der Waals surface area contributed by atoms with Gasteiger partial charge in [0.05, 0.1) is 11.3 Å². The largest absolute Gasteiger partial charge is 0.481 e. The van der Waals surface area contributed by atoms with E-state index in [1.807, 2.05) is 11.8 Å². The average molecular weight is 300 g/mol. The third kappa shape index (κ3) is 3.94. The number of benzene rings is 1. The lowest BCUT2D eigenvalue weighted by atomic mass is 10.2. The van der Waals surface area contributed by atoms with Crippen molar-refractivity contribution in [2.24, 2.45) is 0 Å². The first kappa shape index (κ1) is 16.5. The molecule has 7 heteroatoms. The number of nitrogens with zero attached hydrogens (tertiary/aromatic N) is 2. The van der Waals surface area contributed by atoms with Crippen LogP contribution in [0.25, 0.3) is 0 Å². The van der Waals surface area contributed by atoms with Gasteiger partial charge in [-0.1, -0.05) is 0 Å². The van der Waals surface area contributed by atoms with Crippen LogP contribution in [0.4, 0.5) is 5.69 Å². The van der Waals surface area contributed by atoms with E-state index in [1.165, 1.54) is 26.2 Å². The van der Waals surface area contributed by atoms with Gasteiger partial charge in [-0.15, -0.1) is 0 Å². The molecule has 20 heavy (non-hydrogen) atoms. The summed E-state index contributed by atoms with van der Waals surface area (Å²) in [4.78, 5) is 12.7. The van der Waals surface area contributed by atoms with Gasteiger partial charge in [-0.2, -0.15) is 0 Å². The molecule has 1 aromatic rings. The molecule has 0 atom stereocenters. The minimum atomic E-state index is -3.43. The molecule has 0 spiro atoms. The fourth-order valence-electron chi connectivity index (χ4n) is 1.74. The van der Waals surface area contributed by atoms with E-state index in [0.29, 0.717) is 13.1 Å². The summed E-state index contributed by atoms with van der Waals surface area (Å²) in [5, 5.41) is 8.71. The first-order chi connectivity index (χ1) is 9.28. The molecule has 0 aliphatic heterocycles. The summed E-state index contributed by atoms with van der Waals surface area (Å²) in [5.41, 5.74) is 0.812. The number of aliphatic carboxylic acids is 1. The monoisotopic (exact) mass is 300 g/mol. The highest BCUT2D eigenvalue weighted by molar-refractivity contribution is 7.89. The maximum atomic E-state index is 11.9. The smallest absolute Gasteiger partial charge is 0.305 e. The van der Waals surface area contributed by atoms with Crippen LogP contribution in [0, 0.1) is 0 Å². The number of sulfonamides is 1. The van der Waals surface area contributed by atoms with Crippen LogP contribution in [0.15, 0.2) is 29.2 Å². The summed E-state index contributed by atoms with van der Waals surface area (Å²) in [6, 6.07) is 6.46. The Morgan fingerprint density at radius 2 is 1.75 bits per heavy atom. The Labute approximate surface area is 119 Å². The first-order valence-corrected chi connectivity index (χ1v) is 7.72. The molecular weight excluding hydrogens is 280 g/mol. The Balaban J connectivity index is 2.92. The van der Waals surface area contributed by atoms with Crippen LogP contribution in [-0.2, 0) is 14.8 Å². The summed E-state index contributed by atoms with van der Waals surface area (Å²) in [7, 11) is -0.470. The molecule has 0 saturated heterocycles. The molecule has 0 fully saturated rings. The molecule has 0 amide bonds. The first-order valence-electron chi connectivity index (χ1n) is 6.28. The summed E-state index contributed by atoms with van der Waals surface area (Å²) in [6.07, 6.45) is 0.0472. The third-order valence-electron chi connectivity index (χ3n) is 2.96. The molecule has 0 unspecified atom stereocenters. The topological polar surface area (TPSA) is 77.9 Å². The van der Waals surface area contributed by atoms with E-state index in [4.69, 9.17) is 5.11 Å². The zero-order valence-electron chi connectivity index (χ0n) is 11.9. The fourth-order valence-corrected chi connectivity index (χ4v) is 2.64. The van der Waals surface area contributed by atoms with Crippen LogP contribution in [0.3, 0.4) is 0 Å². The van der Waals surface area contributed by atoms with Gasteiger partial charge in [-0.05, 0) is 31.2 Å². The van der Waals surface area contributed by atoms with Gasteiger partial charge >= 0.3 is 5.97 Å². The highest BCUT2D eigenvalue weighted by atomic mass is 32.2. The Hall–Kier alpha value is -1.60. The Morgan fingerprint density at radius 3 is 2.15 bits per heavy atom. The highest BCUT2D eigenvalue weighted by Crippen LogP contribution is 2.19. The summed E-state index contributed by atoms with van der Waals surface area (Å²) < 4.78 is 25.0. The van der Waals surface area contributed by atoms with Gasteiger partial charge < -0.3 is 10.0 Å². The predicted molar refractivity (Wildman–Crippen MR) is 77.5 cm³/mol. The maximum Gasteiger partial charge on any atom is 0.305 e. The van der Waals surface area contributed by atoms with E-state index in [9.17, 15) is 13.2 Å². The van der Waals surface area contributed by atoms with E-state index < -0.39 is 16.0 Å². The number of carboxylic acid groups (broad SMARTS) is 1. The van der Waals surface area contributed by atoms with Gasteiger partial charge in [0.2, 0.25) is 10.0 Å². The summed E-state index contributed by atoms with van der Waals surface area (Å²) in [5.74, 6) is -0.852. The number of hydrogen-bond donors (Lipinski definition) is 1. The zero-order chi connectivity index (χ0) is 15.3. The second-order valence-electron chi connectivity index (χ2n) is 4.50. The zero-order valence-corrected chi connectivity index (χ0v) is 12.7. The average Bonchev–Trinajstić information content (AvgIpc) is 2.39. The van der Waals surface area contributed by atoms with Crippen molar-refractivity contribution in [1.29, 1.82) is 0 Å². The standard InChI is InChI=1S/C13H20N2O4S/c1-4-15(10-9-13(16)17)11-5-7-12(8-6-11)20(18,19)14(2)3/h5-8H,4,9-10H2,1-3H3,(H,16,17). The minimum Gasteiger partial charge on any atom is -0.481 e. The van der Waals surface area contributed by atoms with Gasteiger partial charge in [0.25, 0.3) is 0 Å². The van der Waals surface area contributed by atoms with Crippen LogP contribution in [0.5, 0.6) is 0 Å². The van der Waals surface area contributed by atoms with E-state index in [2.05, 4.69) is 0 Å². The molecule has 1 aromatic carbocycles. The quantitative estimate of drug-likeness (QED) is 0.819. The molecule has 112 valence electrons. The number of rotatable bonds is 7. The normalized spacial score (nSPS) is 11.6. The van der Waals surface area contributed by atoms with Gasteiger partial charge in [0.1, 0.15) is 0 Å². The molecule has 0 heterocycles. The SMILES string of the molecule is CCN(CCC(=O)O)c1ccc(S(=O)(=O)N(C)C)cc1. The Morgan fingerprint density at radius 1 is 1.20 bits per heavy atom. The number of carbonyl (C=O) groups is 1.